The van der Waals surface area contributed by atoms with Gasteiger partial charge in [-0.05, 0) is 54.9 Å². The van der Waals surface area contributed by atoms with Crippen LogP contribution < -0.4 is 0 Å². The summed E-state index contributed by atoms with van der Waals surface area (Å²) in [6, 6.07) is 15.5. The molecule has 0 heterocycles. The van der Waals surface area contributed by atoms with Crippen LogP contribution in [0.2, 0.25) is 0 Å². The second kappa shape index (κ2) is 19.0. The van der Waals surface area contributed by atoms with E-state index in [4.69, 9.17) is 0 Å². The Balaban J connectivity index is 1.33. The maximum Gasteiger partial charge on any atom is -0.0152 e. The number of fused-ring (bicyclic) bond motifs is 1. The Morgan fingerprint density at radius 2 is 1.00 bits per heavy atom. The molecule has 0 heteroatoms. The fraction of sp³-hybridized carbons (Fsp3) is 0.625. The maximum absolute atomic E-state index is 2.44. The Morgan fingerprint density at radius 3 is 1.62 bits per heavy atom. The third-order valence-corrected chi connectivity index (χ3v) is 6.84. The molecular weight excluding hydrogens is 384 g/mol. The van der Waals surface area contributed by atoms with Crippen LogP contribution in [0.25, 0.3) is 10.8 Å². The highest BCUT2D eigenvalue weighted by molar-refractivity contribution is 5.85. The second-order valence-corrected chi connectivity index (χ2v) is 9.74. The maximum atomic E-state index is 2.44. The van der Waals surface area contributed by atoms with E-state index in [0.29, 0.717) is 0 Å². The topological polar surface area (TPSA) is 0 Å². The Kier molecular flexibility index (Phi) is 15.8. The van der Waals surface area contributed by atoms with Gasteiger partial charge < -0.3 is 0 Å². The highest BCUT2D eigenvalue weighted by Crippen LogP contribution is 2.21. The van der Waals surface area contributed by atoms with Gasteiger partial charge in [-0.3, -0.25) is 0 Å². The van der Waals surface area contributed by atoms with Crippen molar-refractivity contribution in [2.45, 2.75) is 129 Å². The van der Waals surface area contributed by atoms with Crippen molar-refractivity contribution in [3.63, 3.8) is 0 Å². The predicted octanol–water partition coefficient (Wildman–Crippen LogP) is 11.0. The van der Waals surface area contributed by atoms with Crippen LogP contribution in [0, 0.1) is 0 Å². The number of rotatable bonds is 20. The summed E-state index contributed by atoms with van der Waals surface area (Å²) in [6.07, 6.45) is 31.3. The second-order valence-electron chi connectivity index (χ2n) is 9.74. The van der Waals surface area contributed by atoms with Gasteiger partial charge in [0.05, 0.1) is 0 Å². The van der Waals surface area contributed by atoms with Crippen molar-refractivity contribution in [2.75, 3.05) is 0 Å². The van der Waals surface area contributed by atoms with Crippen LogP contribution in [0.15, 0.2) is 54.6 Å². The average molecular weight is 435 g/mol. The van der Waals surface area contributed by atoms with Crippen molar-refractivity contribution < 1.29 is 0 Å². The quantitative estimate of drug-likeness (QED) is 0.143. The lowest BCUT2D eigenvalue weighted by molar-refractivity contribution is 0.557. The smallest absolute Gasteiger partial charge is 0.0152 e. The van der Waals surface area contributed by atoms with Gasteiger partial charge in [-0.2, -0.15) is 0 Å². The van der Waals surface area contributed by atoms with Crippen molar-refractivity contribution in [2.24, 2.45) is 0 Å². The van der Waals surface area contributed by atoms with Crippen LogP contribution in [-0.2, 0) is 6.42 Å². The number of hydrogen-bond acceptors (Lipinski definition) is 0. The Hall–Kier alpha value is -1.56. The van der Waals surface area contributed by atoms with E-state index in [-0.39, 0.29) is 0 Å². The zero-order valence-corrected chi connectivity index (χ0v) is 21.1. The molecule has 178 valence electrons. The molecule has 0 aliphatic heterocycles. The molecule has 0 saturated carbocycles. The molecule has 0 N–H and O–H groups in total. The molecule has 0 spiro atoms. The number of hydrogen-bond donors (Lipinski definition) is 0. The molecule has 0 aliphatic carbocycles. The monoisotopic (exact) mass is 434 g/mol. The Bertz CT molecular complexity index is 706. The number of unbranched alkanes of at least 4 members (excludes halogenated alkanes) is 16. The summed E-state index contributed by atoms with van der Waals surface area (Å²) in [5.74, 6) is 0. The van der Waals surface area contributed by atoms with E-state index in [1.807, 2.05) is 0 Å². The summed E-state index contributed by atoms with van der Waals surface area (Å²) < 4.78 is 0. The molecule has 0 radical (unpaired) electrons. The molecule has 0 saturated heterocycles. The van der Waals surface area contributed by atoms with E-state index in [9.17, 15) is 0 Å². The normalized spacial score (nSPS) is 11.7. The number of allylic oxidation sites excluding steroid dienone is 2. The molecule has 0 fully saturated rings. The fourth-order valence-electron chi connectivity index (χ4n) is 4.78. The minimum Gasteiger partial charge on any atom is -0.0885 e. The van der Waals surface area contributed by atoms with Crippen LogP contribution in [0.5, 0.6) is 0 Å². The first-order valence-corrected chi connectivity index (χ1v) is 14.0. The van der Waals surface area contributed by atoms with Gasteiger partial charge in [0, 0.05) is 0 Å². The largest absolute Gasteiger partial charge is 0.0885 e. The van der Waals surface area contributed by atoms with E-state index in [1.54, 1.807) is 0 Å². The van der Waals surface area contributed by atoms with Gasteiger partial charge in [0.15, 0.2) is 0 Å². The molecule has 0 atom stereocenters. The van der Waals surface area contributed by atoms with E-state index in [0.717, 1.165) is 0 Å². The molecule has 2 aromatic carbocycles. The summed E-state index contributed by atoms with van der Waals surface area (Å²) in [6.45, 7) is 2.30. The molecule has 2 rings (SSSR count). The number of aryl methyl sites for hydroxylation is 1. The fourth-order valence-corrected chi connectivity index (χ4v) is 4.78. The van der Waals surface area contributed by atoms with Gasteiger partial charge in [0.25, 0.3) is 0 Å². The lowest BCUT2D eigenvalue weighted by atomic mass is 9.99. The molecule has 32 heavy (non-hydrogen) atoms. The zero-order valence-electron chi connectivity index (χ0n) is 21.1. The van der Waals surface area contributed by atoms with Gasteiger partial charge in [-0.1, -0.05) is 145 Å². The summed E-state index contributed by atoms with van der Waals surface area (Å²) in [5.41, 5.74) is 1.52. The van der Waals surface area contributed by atoms with E-state index < -0.39 is 0 Å². The summed E-state index contributed by atoms with van der Waals surface area (Å²) in [7, 11) is 0. The van der Waals surface area contributed by atoms with Crippen molar-refractivity contribution >= 4 is 10.8 Å². The van der Waals surface area contributed by atoms with Crippen LogP contribution in [-0.4, -0.2) is 0 Å². The van der Waals surface area contributed by atoms with Crippen molar-refractivity contribution in [3.05, 3.63) is 60.2 Å². The molecule has 0 nitrogen and oxygen atoms in total. The predicted molar refractivity (Wildman–Crippen MR) is 146 cm³/mol. The molecule has 0 bridgehead atoms. The van der Waals surface area contributed by atoms with E-state index >= 15 is 0 Å². The molecule has 2 aromatic rings. The molecular formula is C32H50. The SMILES string of the molecule is CCCCCCCCCCCC/C=C/CCCCCCCCc1cccc2ccccc12. The molecule has 0 amide bonds. The Morgan fingerprint density at radius 1 is 0.500 bits per heavy atom. The summed E-state index contributed by atoms with van der Waals surface area (Å²) in [5, 5.41) is 2.82. The summed E-state index contributed by atoms with van der Waals surface area (Å²) in [4.78, 5) is 0. The van der Waals surface area contributed by atoms with Crippen LogP contribution in [0.1, 0.15) is 128 Å². The van der Waals surface area contributed by atoms with Crippen molar-refractivity contribution in [3.8, 4) is 0 Å². The summed E-state index contributed by atoms with van der Waals surface area (Å²) >= 11 is 0. The molecule has 0 aliphatic rings. The minimum atomic E-state index is 1.23. The van der Waals surface area contributed by atoms with Crippen molar-refractivity contribution in [1.29, 1.82) is 0 Å². The van der Waals surface area contributed by atoms with Crippen LogP contribution >= 0.6 is 0 Å². The first-order valence-electron chi connectivity index (χ1n) is 14.0. The first-order chi connectivity index (χ1) is 15.9. The van der Waals surface area contributed by atoms with Gasteiger partial charge in [-0.15, -0.1) is 0 Å². The van der Waals surface area contributed by atoms with Gasteiger partial charge in [0.2, 0.25) is 0 Å². The average Bonchev–Trinajstić information content (AvgIpc) is 2.83. The van der Waals surface area contributed by atoms with Gasteiger partial charge in [-0.25, -0.2) is 0 Å². The lowest BCUT2D eigenvalue weighted by Crippen LogP contribution is -1.88. The third kappa shape index (κ3) is 12.5. The van der Waals surface area contributed by atoms with Gasteiger partial charge >= 0.3 is 0 Å². The highest BCUT2D eigenvalue weighted by Gasteiger charge is 2.00. The van der Waals surface area contributed by atoms with E-state index in [1.165, 1.54) is 138 Å². The molecule has 0 unspecified atom stereocenters. The minimum absolute atomic E-state index is 1.23. The third-order valence-electron chi connectivity index (χ3n) is 6.84. The van der Waals surface area contributed by atoms with Crippen LogP contribution in [0.4, 0.5) is 0 Å². The highest BCUT2D eigenvalue weighted by atomic mass is 14.1. The number of benzene rings is 2. The standard InChI is InChI=1S/C32H50/c1-2-3-4-5-6-7-8-9-10-11-12-13-14-15-16-17-18-19-20-21-25-30-27-24-28-31-26-22-23-29-32(30)31/h13-14,22-24,26-29H,2-12,15-21,25H2,1H3/b14-13+. The van der Waals surface area contributed by atoms with Crippen molar-refractivity contribution in [1.82, 2.24) is 0 Å². The van der Waals surface area contributed by atoms with E-state index in [2.05, 4.69) is 61.5 Å². The molecule has 0 aromatic heterocycles. The Labute approximate surface area is 199 Å². The van der Waals surface area contributed by atoms with Crippen LogP contribution in [0.3, 0.4) is 0 Å². The van der Waals surface area contributed by atoms with Gasteiger partial charge in [0.1, 0.15) is 0 Å². The lowest BCUT2D eigenvalue weighted by Gasteiger charge is -2.06. The zero-order chi connectivity index (χ0) is 22.5. The first kappa shape index (κ1) is 26.7.